The summed E-state index contributed by atoms with van der Waals surface area (Å²) in [5.41, 5.74) is 1.26. The number of amides is 1. The number of hydrogen-bond acceptors (Lipinski definition) is 7. The average molecular weight is 418 g/mol. The molecule has 4 rings (SSSR count). The molecule has 0 bridgehead atoms. The highest BCUT2D eigenvalue weighted by Crippen LogP contribution is 2.39. The highest BCUT2D eigenvalue weighted by molar-refractivity contribution is 5.94. The number of nitrogens with one attached hydrogen (secondary N) is 1. The third-order valence-corrected chi connectivity index (χ3v) is 5.88. The van der Waals surface area contributed by atoms with Gasteiger partial charge in [-0.3, -0.25) is 9.59 Å². The second-order valence-corrected chi connectivity index (χ2v) is 7.51. The molecule has 1 spiro atoms. The van der Waals surface area contributed by atoms with E-state index in [1.165, 1.54) is 7.11 Å². The molecular formula is C20H26N4O6. The number of benzene rings is 1. The van der Waals surface area contributed by atoms with E-state index in [-0.39, 0.29) is 12.4 Å². The summed E-state index contributed by atoms with van der Waals surface area (Å²) in [6, 6.07) is 5.28. The van der Waals surface area contributed by atoms with Gasteiger partial charge in [-0.2, -0.15) is 0 Å². The number of aryl methyl sites for hydroxylation is 1. The predicted molar refractivity (Wildman–Crippen MR) is 108 cm³/mol. The van der Waals surface area contributed by atoms with E-state index >= 15 is 0 Å². The minimum absolute atomic E-state index is 0.0716. The number of nitrogens with zero attached hydrogens (tertiary/aromatic N) is 3. The highest BCUT2D eigenvalue weighted by atomic mass is 16.5. The maximum atomic E-state index is 12.6. The number of aliphatic hydroxyl groups is 1. The van der Waals surface area contributed by atoms with Gasteiger partial charge in [-0.25, -0.2) is 9.78 Å². The van der Waals surface area contributed by atoms with Crippen LogP contribution in [0.15, 0.2) is 18.2 Å². The van der Waals surface area contributed by atoms with Crippen LogP contribution in [0.25, 0.3) is 11.0 Å². The van der Waals surface area contributed by atoms with Crippen LogP contribution >= 0.6 is 0 Å². The van der Waals surface area contributed by atoms with Crippen molar-refractivity contribution in [1.29, 1.82) is 0 Å². The number of methoxy groups -OCH3 is 1. The Morgan fingerprint density at radius 3 is 2.83 bits per heavy atom. The van der Waals surface area contributed by atoms with E-state index in [1.807, 2.05) is 17.7 Å². The Balaban J connectivity index is 0.000000806. The molecule has 2 fully saturated rings. The SMILES string of the molecule is COC(=O)c1ccc2c(c1)nc(N1CC[C@@H](O)[C@@]3(CCCNC3=O)C1)n2C.O=CO. The van der Waals surface area contributed by atoms with E-state index in [0.29, 0.717) is 43.6 Å². The maximum Gasteiger partial charge on any atom is 0.337 e. The Morgan fingerprint density at radius 2 is 2.17 bits per heavy atom. The zero-order chi connectivity index (χ0) is 21.9. The number of esters is 1. The van der Waals surface area contributed by atoms with Crippen LogP contribution in [0.5, 0.6) is 0 Å². The number of carbonyl (C=O) groups excluding carboxylic acids is 2. The van der Waals surface area contributed by atoms with Crippen LogP contribution in [0.2, 0.25) is 0 Å². The molecule has 0 unspecified atom stereocenters. The molecule has 2 aliphatic rings. The number of piperidine rings is 2. The van der Waals surface area contributed by atoms with Gasteiger partial charge in [-0.1, -0.05) is 0 Å². The van der Waals surface area contributed by atoms with Crippen LogP contribution < -0.4 is 10.2 Å². The molecule has 162 valence electrons. The Kier molecular flexibility index (Phi) is 6.25. The number of anilines is 1. The molecule has 2 atom stereocenters. The van der Waals surface area contributed by atoms with Crippen molar-refractivity contribution in [3.63, 3.8) is 0 Å². The van der Waals surface area contributed by atoms with Crippen LogP contribution in [-0.2, 0) is 21.4 Å². The van der Waals surface area contributed by atoms with Gasteiger partial charge in [0.25, 0.3) is 6.47 Å². The number of aliphatic hydroxyl groups excluding tert-OH is 1. The van der Waals surface area contributed by atoms with E-state index in [4.69, 9.17) is 19.6 Å². The van der Waals surface area contributed by atoms with Crippen molar-refractivity contribution < 1.29 is 29.3 Å². The first-order valence-electron chi connectivity index (χ1n) is 9.72. The van der Waals surface area contributed by atoms with Crippen molar-refractivity contribution in [2.75, 3.05) is 31.6 Å². The fourth-order valence-corrected chi connectivity index (χ4v) is 4.33. The lowest BCUT2D eigenvalue weighted by Gasteiger charge is -2.47. The van der Waals surface area contributed by atoms with Crippen molar-refractivity contribution in [1.82, 2.24) is 14.9 Å². The number of hydrogen-bond donors (Lipinski definition) is 3. The fourth-order valence-electron chi connectivity index (χ4n) is 4.33. The monoisotopic (exact) mass is 418 g/mol. The van der Waals surface area contributed by atoms with Gasteiger partial charge in [0.05, 0.1) is 35.2 Å². The smallest absolute Gasteiger partial charge is 0.337 e. The summed E-state index contributed by atoms with van der Waals surface area (Å²) >= 11 is 0. The quantitative estimate of drug-likeness (QED) is 0.475. The number of imidazole rings is 1. The molecule has 0 aliphatic carbocycles. The Hall–Kier alpha value is -3.14. The maximum absolute atomic E-state index is 12.6. The van der Waals surface area contributed by atoms with Gasteiger partial charge < -0.3 is 29.7 Å². The summed E-state index contributed by atoms with van der Waals surface area (Å²) in [4.78, 5) is 39.5. The summed E-state index contributed by atoms with van der Waals surface area (Å²) in [6.45, 7) is 1.47. The van der Waals surface area contributed by atoms with Crippen molar-refractivity contribution in [3.05, 3.63) is 23.8 Å². The molecule has 2 saturated heterocycles. The zero-order valence-electron chi connectivity index (χ0n) is 17.0. The molecule has 3 N–H and O–H groups in total. The first-order chi connectivity index (χ1) is 14.4. The molecular weight excluding hydrogens is 392 g/mol. The van der Waals surface area contributed by atoms with Gasteiger partial charge in [0.2, 0.25) is 11.9 Å². The topological polar surface area (TPSA) is 134 Å². The van der Waals surface area contributed by atoms with Crippen LogP contribution in [0.4, 0.5) is 5.95 Å². The first-order valence-corrected chi connectivity index (χ1v) is 9.72. The molecule has 2 aromatic rings. The molecule has 1 aromatic carbocycles. The van der Waals surface area contributed by atoms with Crippen molar-refractivity contribution in [2.24, 2.45) is 12.5 Å². The number of carbonyl (C=O) groups is 3. The van der Waals surface area contributed by atoms with E-state index in [9.17, 15) is 14.7 Å². The third kappa shape index (κ3) is 3.70. The minimum Gasteiger partial charge on any atom is -0.483 e. The van der Waals surface area contributed by atoms with Crippen molar-refractivity contribution in [2.45, 2.75) is 25.4 Å². The summed E-state index contributed by atoms with van der Waals surface area (Å²) in [6.07, 6.45) is 1.41. The van der Waals surface area contributed by atoms with Gasteiger partial charge in [-0.05, 0) is 37.5 Å². The first kappa shape index (κ1) is 21.6. The Morgan fingerprint density at radius 1 is 1.43 bits per heavy atom. The highest BCUT2D eigenvalue weighted by Gasteiger charge is 2.50. The molecule has 1 aromatic heterocycles. The van der Waals surface area contributed by atoms with Gasteiger partial charge in [0, 0.05) is 26.7 Å². The third-order valence-electron chi connectivity index (χ3n) is 5.88. The molecule has 3 heterocycles. The number of rotatable bonds is 2. The van der Waals surface area contributed by atoms with Gasteiger partial charge in [-0.15, -0.1) is 0 Å². The lowest BCUT2D eigenvalue weighted by Crippen LogP contribution is -2.61. The summed E-state index contributed by atoms with van der Waals surface area (Å²) in [5.74, 6) is 0.261. The van der Waals surface area contributed by atoms with Crippen LogP contribution in [0.3, 0.4) is 0 Å². The average Bonchev–Trinajstić information content (AvgIpc) is 3.08. The van der Waals surface area contributed by atoms with Crippen molar-refractivity contribution >= 4 is 35.3 Å². The van der Waals surface area contributed by atoms with E-state index in [1.54, 1.807) is 12.1 Å². The summed E-state index contributed by atoms with van der Waals surface area (Å²) in [5, 5.41) is 20.4. The number of carboxylic acid groups (broad SMARTS) is 1. The standard InChI is InChI=1S/C19H24N4O4.CH2O2/c1-22-14-5-4-12(16(25)27-2)10-13(14)21-18(22)23-9-6-15(24)19(11-23)7-3-8-20-17(19)26;2-1-3/h4-5,10,15,24H,3,6-9,11H2,1-2H3,(H,20,26);1H,(H,2,3)/t15-,19-;/m1./s1. The van der Waals surface area contributed by atoms with Crippen molar-refractivity contribution in [3.8, 4) is 0 Å². The lowest BCUT2D eigenvalue weighted by atomic mass is 9.71. The molecule has 0 radical (unpaired) electrons. The fraction of sp³-hybridized carbons (Fsp3) is 0.500. The summed E-state index contributed by atoms with van der Waals surface area (Å²) < 4.78 is 6.74. The largest absolute Gasteiger partial charge is 0.483 e. The Labute approximate surface area is 173 Å². The zero-order valence-corrected chi connectivity index (χ0v) is 17.0. The molecule has 1 amide bonds. The Bertz CT molecular complexity index is 958. The number of aromatic nitrogens is 2. The number of fused-ring (bicyclic) bond motifs is 1. The van der Waals surface area contributed by atoms with E-state index in [2.05, 4.69) is 10.2 Å². The molecule has 2 aliphatic heterocycles. The second kappa shape index (κ2) is 8.70. The van der Waals surface area contributed by atoms with Crippen LogP contribution in [-0.4, -0.2) is 71.0 Å². The van der Waals surface area contributed by atoms with Crippen LogP contribution in [0, 0.1) is 5.41 Å². The van der Waals surface area contributed by atoms with E-state index in [0.717, 1.165) is 17.9 Å². The van der Waals surface area contributed by atoms with Gasteiger partial charge in [0.15, 0.2) is 0 Å². The van der Waals surface area contributed by atoms with Gasteiger partial charge in [0.1, 0.15) is 0 Å². The van der Waals surface area contributed by atoms with E-state index < -0.39 is 17.5 Å². The lowest BCUT2D eigenvalue weighted by molar-refractivity contribution is -0.142. The second-order valence-electron chi connectivity index (χ2n) is 7.51. The molecule has 10 nitrogen and oxygen atoms in total. The van der Waals surface area contributed by atoms with Gasteiger partial charge >= 0.3 is 5.97 Å². The summed E-state index contributed by atoms with van der Waals surface area (Å²) in [7, 11) is 3.27. The molecule has 0 saturated carbocycles. The molecule has 30 heavy (non-hydrogen) atoms. The predicted octanol–water partition coefficient (Wildman–Crippen LogP) is 0.528. The van der Waals surface area contributed by atoms with Crippen LogP contribution in [0.1, 0.15) is 29.6 Å². The number of ether oxygens (including phenoxy) is 1. The molecule has 10 heteroatoms. The minimum atomic E-state index is -0.786. The normalized spacial score (nSPS) is 23.5.